The van der Waals surface area contributed by atoms with E-state index in [1.165, 1.54) is 6.92 Å². The molecule has 0 bridgehead atoms. The Kier molecular flexibility index (Phi) is 5.36. The summed E-state index contributed by atoms with van der Waals surface area (Å²) in [6.07, 6.45) is 0.602. The molecule has 0 aliphatic carbocycles. The lowest BCUT2D eigenvalue weighted by Crippen LogP contribution is -2.40. The van der Waals surface area contributed by atoms with Crippen LogP contribution in [0, 0.1) is 0 Å². The summed E-state index contributed by atoms with van der Waals surface area (Å²) in [5, 5.41) is 11.3. The predicted octanol–water partition coefficient (Wildman–Crippen LogP) is 1.78. The molecule has 19 heavy (non-hydrogen) atoms. The first kappa shape index (κ1) is 15.0. The Labute approximate surface area is 112 Å². The molecule has 104 valence electrons. The summed E-state index contributed by atoms with van der Waals surface area (Å²) in [6, 6.07) is 6.31. The van der Waals surface area contributed by atoms with Crippen LogP contribution in [0.25, 0.3) is 0 Å². The minimum atomic E-state index is -1.04. The minimum absolute atomic E-state index is 0.275. The molecule has 1 rings (SSSR count). The summed E-state index contributed by atoms with van der Waals surface area (Å²) in [6.45, 7) is 3.33. The van der Waals surface area contributed by atoms with Gasteiger partial charge in [-0.25, -0.2) is 0 Å². The molecule has 1 aromatic rings. The molecule has 0 fully saturated rings. The monoisotopic (exact) mass is 265 g/mol. The zero-order valence-electron chi connectivity index (χ0n) is 11.3. The van der Waals surface area contributed by atoms with Gasteiger partial charge in [-0.05, 0) is 31.0 Å². The van der Waals surface area contributed by atoms with E-state index in [0.717, 1.165) is 11.3 Å². The van der Waals surface area contributed by atoms with Gasteiger partial charge in [0.25, 0.3) is 0 Å². The van der Waals surface area contributed by atoms with Crippen LogP contribution in [-0.2, 0) is 9.59 Å². The molecule has 0 saturated carbocycles. The van der Waals surface area contributed by atoms with E-state index in [-0.39, 0.29) is 11.8 Å². The van der Waals surface area contributed by atoms with E-state index in [9.17, 15) is 9.59 Å². The molecule has 0 spiro atoms. The number of benzene rings is 1. The quantitative estimate of drug-likeness (QED) is 0.822. The third-order valence-corrected chi connectivity index (χ3v) is 2.97. The zero-order valence-corrected chi connectivity index (χ0v) is 11.3. The third kappa shape index (κ3) is 3.98. The topological polar surface area (TPSA) is 75.6 Å². The summed E-state index contributed by atoms with van der Waals surface area (Å²) in [5.41, 5.74) is 0.846. The van der Waals surface area contributed by atoms with E-state index >= 15 is 0 Å². The summed E-state index contributed by atoms with van der Waals surface area (Å²) in [7, 11) is 1.58. The van der Waals surface area contributed by atoms with Crippen molar-refractivity contribution < 1.29 is 19.4 Å². The Balaban J connectivity index is 2.81. The molecule has 1 aromatic carbocycles. The van der Waals surface area contributed by atoms with Gasteiger partial charge >= 0.3 is 5.97 Å². The second kappa shape index (κ2) is 6.78. The minimum Gasteiger partial charge on any atom is -0.497 e. The number of carbonyl (C=O) groups is 2. The van der Waals surface area contributed by atoms with Crippen molar-refractivity contribution in [3.05, 3.63) is 29.8 Å². The van der Waals surface area contributed by atoms with E-state index in [4.69, 9.17) is 9.84 Å². The predicted molar refractivity (Wildman–Crippen MR) is 71.3 cm³/mol. The highest BCUT2D eigenvalue weighted by molar-refractivity contribution is 5.87. The average Bonchev–Trinajstić information content (AvgIpc) is 2.40. The smallest absolute Gasteiger partial charge is 0.325 e. The maximum Gasteiger partial charge on any atom is 0.325 e. The molecule has 0 aliphatic rings. The standard InChI is InChI=1S/C14H19NO4/c1-4-12(13(16)15-9(2)14(17)18)10-5-7-11(19-3)8-6-10/h5-9,12H,4H2,1-3H3,(H,15,16)(H,17,18). The lowest BCUT2D eigenvalue weighted by atomic mass is 9.95. The molecule has 5 heteroatoms. The molecule has 1 amide bonds. The highest BCUT2D eigenvalue weighted by Crippen LogP contribution is 2.22. The fourth-order valence-electron chi connectivity index (χ4n) is 1.78. The fraction of sp³-hybridized carbons (Fsp3) is 0.429. The maximum atomic E-state index is 12.0. The van der Waals surface area contributed by atoms with Crippen LogP contribution in [0.3, 0.4) is 0 Å². The van der Waals surface area contributed by atoms with Gasteiger partial charge in [0, 0.05) is 0 Å². The van der Waals surface area contributed by atoms with Crippen molar-refractivity contribution in [1.82, 2.24) is 5.32 Å². The van der Waals surface area contributed by atoms with Crippen LogP contribution >= 0.6 is 0 Å². The van der Waals surface area contributed by atoms with Gasteiger partial charge in [-0.3, -0.25) is 9.59 Å². The Morgan fingerprint density at radius 3 is 2.32 bits per heavy atom. The van der Waals surface area contributed by atoms with Crippen LogP contribution in [0.2, 0.25) is 0 Å². The molecular formula is C14H19NO4. The van der Waals surface area contributed by atoms with E-state index in [1.807, 2.05) is 19.1 Å². The Bertz CT molecular complexity index is 441. The molecule has 0 heterocycles. The van der Waals surface area contributed by atoms with Crippen LogP contribution in [0.4, 0.5) is 0 Å². The highest BCUT2D eigenvalue weighted by atomic mass is 16.5. The largest absolute Gasteiger partial charge is 0.497 e. The maximum absolute atomic E-state index is 12.0. The summed E-state index contributed by atoms with van der Waals surface area (Å²) >= 11 is 0. The van der Waals surface area contributed by atoms with Gasteiger partial charge in [-0.15, -0.1) is 0 Å². The number of hydrogen-bond acceptors (Lipinski definition) is 3. The van der Waals surface area contributed by atoms with Crippen molar-refractivity contribution in [2.45, 2.75) is 32.2 Å². The number of hydrogen-bond donors (Lipinski definition) is 2. The van der Waals surface area contributed by atoms with Crippen LogP contribution in [0.15, 0.2) is 24.3 Å². The summed E-state index contributed by atoms with van der Waals surface area (Å²) < 4.78 is 5.06. The Morgan fingerprint density at radius 1 is 1.32 bits per heavy atom. The molecule has 0 aromatic heterocycles. The van der Waals surface area contributed by atoms with Gasteiger partial charge in [0.1, 0.15) is 11.8 Å². The normalized spacial score (nSPS) is 13.4. The number of rotatable bonds is 6. The first-order valence-electron chi connectivity index (χ1n) is 6.16. The summed E-state index contributed by atoms with van der Waals surface area (Å²) in [4.78, 5) is 22.8. The van der Waals surface area contributed by atoms with Crippen molar-refractivity contribution in [1.29, 1.82) is 0 Å². The Hall–Kier alpha value is -2.04. The molecular weight excluding hydrogens is 246 g/mol. The first-order chi connectivity index (χ1) is 8.99. The molecule has 0 radical (unpaired) electrons. The van der Waals surface area contributed by atoms with E-state index in [2.05, 4.69) is 5.32 Å². The van der Waals surface area contributed by atoms with Crippen molar-refractivity contribution >= 4 is 11.9 Å². The second-order valence-corrected chi connectivity index (χ2v) is 4.30. The number of amides is 1. The molecule has 2 atom stereocenters. The third-order valence-electron chi connectivity index (χ3n) is 2.97. The number of aliphatic carboxylic acids is 1. The molecule has 5 nitrogen and oxygen atoms in total. The lowest BCUT2D eigenvalue weighted by molar-refractivity contribution is -0.141. The summed E-state index contributed by atoms with van der Waals surface area (Å²) in [5.74, 6) is -0.953. The number of carbonyl (C=O) groups excluding carboxylic acids is 1. The SMILES string of the molecule is CCC(C(=O)NC(C)C(=O)O)c1ccc(OC)cc1. The molecule has 0 aliphatic heterocycles. The average molecular weight is 265 g/mol. The number of nitrogens with one attached hydrogen (secondary N) is 1. The van der Waals surface area contributed by atoms with Crippen LogP contribution < -0.4 is 10.1 Å². The van der Waals surface area contributed by atoms with Crippen LogP contribution in [0.1, 0.15) is 31.7 Å². The number of ether oxygens (including phenoxy) is 1. The van der Waals surface area contributed by atoms with Gasteiger partial charge in [-0.1, -0.05) is 19.1 Å². The van der Waals surface area contributed by atoms with Crippen molar-refractivity contribution in [3.8, 4) is 5.75 Å². The van der Waals surface area contributed by atoms with Gasteiger partial charge in [0.2, 0.25) is 5.91 Å². The molecule has 0 saturated heterocycles. The first-order valence-corrected chi connectivity index (χ1v) is 6.16. The van der Waals surface area contributed by atoms with Gasteiger partial charge < -0.3 is 15.2 Å². The number of carboxylic acid groups (broad SMARTS) is 1. The van der Waals surface area contributed by atoms with E-state index in [0.29, 0.717) is 6.42 Å². The van der Waals surface area contributed by atoms with Crippen molar-refractivity contribution in [2.75, 3.05) is 7.11 Å². The Morgan fingerprint density at radius 2 is 1.89 bits per heavy atom. The number of methoxy groups -OCH3 is 1. The van der Waals surface area contributed by atoms with Gasteiger partial charge in [0.05, 0.1) is 13.0 Å². The van der Waals surface area contributed by atoms with Crippen LogP contribution in [0.5, 0.6) is 5.75 Å². The van der Waals surface area contributed by atoms with E-state index in [1.54, 1.807) is 19.2 Å². The number of carboxylic acids is 1. The lowest BCUT2D eigenvalue weighted by Gasteiger charge is -2.17. The van der Waals surface area contributed by atoms with E-state index < -0.39 is 12.0 Å². The fourth-order valence-corrected chi connectivity index (χ4v) is 1.78. The second-order valence-electron chi connectivity index (χ2n) is 4.30. The zero-order chi connectivity index (χ0) is 14.4. The molecule has 2 unspecified atom stereocenters. The highest BCUT2D eigenvalue weighted by Gasteiger charge is 2.22. The van der Waals surface area contributed by atoms with Crippen molar-refractivity contribution in [3.63, 3.8) is 0 Å². The molecule has 2 N–H and O–H groups in total. The van der Waals surface area contributed by atoms with Crippen LogP contribution in [-0.4, -0.2) is 30.1 Å². The van der Waals surface area contributed by atoms with Gasteiger partial charge in [-0.2, -0.15) is 0 Å². The van der Waals surface area contributed by atoms with Crippen molar-refractivity contribution in [2.24, 2.45) is 0 Å². The van der Waals surface area contributed by atoms with Gasteiger partial charge in [0.15, 0.2) is 0 Å².